The number of phenols is 1. The number of esters is 1. The van der Waals surface area contributed by atoms with Crippen molar-refractivity contribution in [3.05, 3.63) is 65.2 Å². The van der Waals surface area contributed by atoms with Crippen LogP contribution in [0.2, 0.25) is 0 Å². The van der Waals surface area contributed by atoms with Crippen molar-refractivity contribution in [3.63, 3.8) is 0 Å². The number of aromatic hydroxyl groups is 1. The summed E-state index contributed by atoms with van der Waals surface area (Å²) in [7, 11) is 0. The second-order valence-corrected chi connectivity index (χ2v) is 13.7. The van der Waals surface area contributed by atoms with Gasteiger partial charge in [0.25, 0.3) is 17.7 Å². The lowest BCUT2D eigenvalue weighted by Crippen LogP contribution is -2.60. The molecule has 0 aromatic heterocycles. The molecule has 1 saturated heterocycles. The first-order valence-corrected chi connectivity index (χ1v) is 15.6. The Labute approximate surface area is 256 Å². The van der Waals surface area contributed by atoms with Crippen molar-refractivity contribution in [2.24, 2.45) is 11.7 Å². The number of rotatable bonds is 10. The van der Waals surface area contributed by atoms with E-state index in [4.69, 9.17) is 10.5 Å². The molecule has 1 aliphatic heterocycles. The molecule has 2 aromatic carbocycles. The lowest BCUT2D eigenvalue weighted by atomic mass is 9.90. The van der Waals surface area contributed by atoms with Crippen LogP contribution in [-0.4, -0.2) is 73.7 Å². The number of nitrogens with two attached hydrogens (primary N) is 1. The van der Waals surface area contributed by atoms with E-state index in [-0.39, 0.29) is 30.3 Å². The standard InChI is InChI=1S/C32H41N3O7S/c1-19-22(15-10-16-24(19)36)28(39)34-23(17-20-11-6-4-7-12-20)25(37)29(40)35-26(32(2,3)43-30(35)27(33)38)31(41)42-18-21-13-8-5-9-14-21/h4,6-7,10-12,15-16,21,23,25-26,30,36-37H,5,8-9,13-14,17-18H2,1-3H3,(H2,33,38)(H,34,39). The lowest BCUT2D eigenvalue weighted by Gasteiger charge is -2.34. The molecule has 11 heteroatoms. The zero-order valence-electron chi connectivity index (χ0n) is 24.8. The topological polar surface area (TPSA) is 159 Å². The maximum atomic E-state index is 14.1. The number of benzene rings is 2. The number of aliphatic hydroxyl groups excluding tert-OH is 1. The van der Waals surface area contributed by atoms with Crippen molar-refractivity contribution in [2.75, 3.05) is 6.61 Å². The van der Waals surface area contributed by atoms with Gasteiger partial charge >= 0.3 is 5.97 Å². The van der Waals surface area contributed by atoms with Crippen LogP contribution in [0.3, 0.4) is 0 Å². The van der Waals surface area contributed by atoms with E-state index < -0.39 is 52.0 Å². The first-order valence-electron chi connectivity index (χ1n) is 14.7. The first kappa shape index (κ1) is 32.3. The Kier molecular flexibility index (Phi) is 10.4. The number of aliphatic hydroxyl groups is 1. The second-order valence-electron chi connectivity index (χ2n) is 11.9. The fourth-order valence-electron chi connectivity index (χ4n) is 5.90. The van der Waals surface area contributed by atoms with Gasteiger partial charge in [0, 0.05) is 15.9 Å². The van der Waals surface area contributed by atoms with E-state index in [1.54, 1.807) is 45.0 Å². The third-order valence-corrected chi connectivity index (χ3v) is 9.82. The molecule has 0 radical (unpaired) electrons. The molecule has 4 atom stereocenters. The number of carbonyl (C=O) groups is 4. The first-order chi connectivity index (χ1) is 20.4. The summed E-state index contributed by atoms with van der Waals surface area (Å²) >= 11 is 1.06. The molecule has 2 fully saturated rings. The molecule has 2 aliphatic rings. The predicted octanol–water partition coefficient (Wildman–Crippen LogP) is 3.06. The molecule has 1 aliphatic carbocycles. The minimum atomic E-state index is -1.84. The van der Waals surface area contributed by atoms with Crippen molar-refractivity contribution >= 4 is 35.5 Å². The van der Waals surface area contributed by atoms with Crippen LogP contribution in [-0.2, 0) is 25.5 Å². The number of hydrogen-bond acceptors (Lipinski definition) is 8. The quantitative estimate of drug-likeness (QED) is 0.298. The number of primary amides is 1. The van der Waals surface area contributed by atoms with E-state index in [1.165, 1.54) is 18.2 Å². The van der Waals surface area contributed by atoms with Gasteiger partial charge in [0.05, 0.1) is 12.6 Å². The molecular formula is C32H41N3O7S. The highest BCUT2D eigenvalue weighted by Crippen LogP contribution is 2.45. The number of carbonyl (C=O) groups excluding carboxylic acids is 4. The number of nitrogens with one attached hydrogen (secondary N) is 1. The Morgan fingerprint density at radius 2 is 1.74 bits per heavy atom. The Balaban J connectivity index is 1.62. The van der Waals surface area contributed by atoms with Gasteiger partial charge in [-0.15, -0.1) is 11.8 Å². The zero-order chi connectivity index (χ0) is 31.3. The van der Waals surface area contributed by atoms with Gasteiger partial charge in [0.1, 0.15) is 11.8 Å². The van der Waals surface area contributed by atoms with Crippen LogP contribution in [0.5, 0.6) is 5.75 Å². The molecule has 1 heterocycles. The summed E-state index contributed by atoms with van der Waals surface area (Å²) in [5.41, 5.74) is 6.96. The van der Waals surface area contributed by atoms with Crippen LogP contribution in [0.4, 0.5) is 0 Å². The van der Waals surface area contributed by atoms with Crippen molar-refractivity contribution in [1.29, 1.82) is 0 Å². The maximum absolute atomic E-state index is 14.1. The average Bonchev–Trinajstić information content (AvgIpc) is 3.28. The third kappa shape index (κ3) is 7.51. The molecule has 2 aromatic rings. The van der Waals surface area contributed by atoms with Gasteiger partial charge in [0.2, 0.25) is 0 Å². The second kappa shape index (κ2) is 13.8. The Morgan fingerprint density at radius 1 is 1.07 bits per heavy atom. The predicted molar refractivity (Wildman–Crippen MR) is 163 cm³/mol. The summed E-state index contributed by atoms with van der Waals surface area (Å²) in [6, 6.07) is 11.2. The van der Waals surface area contributed by atoms with Crippen molar-refractivity contribution < 1.29 is 34.1 Å². The molecule has 43 heavy (non-hydrogen) atoms. The van der Waals surface area contributed by atoms with Gasteiger partial charge in [-0.05, 0) is 63.6 Å². The van der Waals surface area contributed by atoms with Crippen molar-refractivity contribution in [2.45, 2.75) is 87.6 Å². The molecule has 10 nitrogen and oxygen atoms in total. The molecule has 4 rings (SSSR count). The molecule has 0 spiro atoms. The highest BCUT2D eigenvalue weighted by atomic mass is 32.2. The zero-order valence-corrected chi connectivity index (χ0v) is 25.6. The summed E-state index contributed by atoms with van der Waals surface area (Å²) in [6.45, 7) is 5.27. The van der Waals surface area contributed by atoms with Gasteiger partial charge in [-0.3, -0.25) is 14.4 Å². The van der Waals surface area contributed by atoms with E-state index in [0.717, 1.165) is 54.3 Å². The van der Waals surface area contributed by atoms with Crippen molar-refractivity contribution in [3.8, 4) is 5.75 Å². The monoisotopic (exact) mass is 611 g/mol. The fraction of sp³-hybridized carbons (Fsp3) is 0.500. The SMILES string of the molecule is Cc1c(O)cccc1C(=O)NC(Cc1ccccc1)C(O)C(=O)N1C(C(N)=O)SC(C)(C)C1C(=O)OCC1CCCCC1. The lowest BCUT2D eigenvalue weighted by molar-refractivity contribution is -0.161. The van der Waals surface area contributed by atoms with Crippen LogP contribution in [0.25, 0.3) is 0 Å². The van der Waals surface area contributed by atoms with E-state index in [9.17, 15) is 29.4 Å². The molecule has 232 valence electrons. The van der Waals surface area contributed by atoms with E-state index in [1.807, 2.05) is 6.07 Å². The summed E-state index contributed by atoms with van der Waals surface area (Å²) in [6.07, 6.45) is 3.45. The number of nitrogens with zero attached hydrogens (tertiary/aromatic N) is 1. The van der Waals surface area contributed by atoms with Crippen LogP contribution >= 0.6 is 11.8 Å². The maximum Gasteiger partial charge on any atom is 0.330 e. The Bertz CT molecular complexity index is 1330. The van der Waals surface area contributed by atoms with Gasteiger partial charge in [-0.25, -0.2) is 4.79 Å². The highest BCUT2D eigenvalue weighted by molar-refractivity contribution is 8.02. The van der Waals surface area contributed by atoms with Crippen LogP contribution in [0.1, 0.15) is 67.4 Å². The minimum absolute atomic E-state index is 0.0692. The average molecular weight is 612 g/mol. The van der Waals surface area contributed by atoms with Gasteiger partial charge in [-0.2, -0.15) is 0 Å². The van der Waals surface area contributed by atoms with Crippen molar-refractivity contribution in [1.82, 2.24) is 10.2 Å². The van der Waals surface area contributed by atoms with E-state index in [2.05, 4.69) is 5.32 Å². The van der Waals surface area contributed by atoms with Gasteiger partial charge in [0.15, 0.2) is 11.5 Å². The van der Waals surface area contributed by atoms with Gasteiger partial charge < -0.3 is 30.9 Å². The summed E-state index contributed by atoms with van der Waals surface area (Å²) in [4.78, 5) is 54.6. The number of thioether (sulfide) groups is 1. The number of hydrogen-bond donors (Lipinski definition) is 4. The largest absolute Gasteiger partial charge is 0.508 e. The number of amides is 3. The molecule has 5 N–H and O–H groups in total. The summed E-state index contributed by atoms with van der Waals surface area (Å²) in [5.74, 6) is -2.85. The Morgan fingerprint density at radius 3 is 2.40 bits per heavy atom. The van der Waals surface area contributed by atoms with E-state index >= 15 is 0 Å². The summed E-state index contributed by atoms with van der Waals surface area (Å²) in [5, 5.41) is 23.2. The summed E-state index contributed by atoms with van der Waals surface area (Å²) < 4.78 is 4.77. The molecule has 3 amide bonds. The smallest absolute Gasteiger partial charge is 0.330 e. The Hall–Kier alpha value is -3.57. The fourth-order valence-corrected chi connectivity index (χ4v) is 7.27. The highest BCUT2D eigenvalue weighted by Gasteiger charge is 2.57. The van der Waals surface area contributed by atoms with Crippen LogP contribution < -0.4 is 11.1 Å². The molecule has 4 unspecified atom stereocenters. The van der Waals surface area contributed by atoms with Gasteiger partial charge in [-0.1, -0.05) is 55.7 Å². The number of ether oxygens (including phenoxy) is 1. The normalized spacial score (nSPS) is 21.5. The molecular weight excluding hydrogens is 570 g/mol. The van der Waals surface area contributed by atoms with Crippen LogP contribution in [0, 0.1) is 12.8 Å². The minimum Gasteiger partial charge on any atom is -0.508 e. The third-order valence-electron chi connectivity index (χ3n) is 8.31. The van der Waals surface area contributed by atoms with Crippen LogP contribution in [0.15, 0.2) is 48.5 Å². The molecule has 1 saturated carbocycles. The number of phenolic OH excluding ortho intramolecular Hbond substituents is 1. The molecule has 0 bridgehead atoms. The van der Waals surface area contributed by atoms with E-state index in [0.29, 0.717) is 5.56 Å².